The summed E-state index contributed by atoms with van der Waals surface area (Å²) in [6, 6.07) is 23.2. The van der Waals surface area contributed by atoms with Crippen LogP contribution in [0.5, 0.6) is 0 Å². The van der Waals surface area contributed by atoms with Crippen molar-refractivity contribution in [3.8, 4) is 22.3 Å². The van der Waals surface area contributed by atoms with Crippen LogP contribution in [-0.2, 0) is 0 Å². The minimum atomic E-state index is -0.385. The van der Waals surface area contributed by atoms with Gasteiger partial charge in [0.15, 0.2) is 0 Å². The first kappa shape index (κ1) is 14.7. The molecular weight excluding hydrogens is 389 g/mol. The standard InChI is InChI=1S/C18H12INO2/c19-17-9-5-15(6-10-17)13-1-3-14(4-2-13)16-7-11-18(12-8-16)20(21)22/h1-12H. The Balaban J connectivity index is 1.87. The molecule has 3 aromatic carbocycles. The van der Waals surface area contributed by atoms with E-state index in [2.05, 4.69) is 59.0 Å². The van der Waals surface area contributed by atoms with Crippen LogP contribution in [0, 0.1) is 13.7 Å². The lowest BCUT2D eigenvalue weighted by atomic mass is 10.0. The highest BCUT2D eigenvalue weighted by Crippen LogP contribution is 2.26. The summed E-state index contributed by atoms with van der Waals surface area (Å²) in [5, 5.41) is 10.7. The fourth-order valence-electron chi connectivity index (χ4n) is 2.27. The molecule has 108 valence electrons. The summed E-state index contributed by atoms with van der Waals surface area (Å²) in [4.78, 5) is 10.3. The van der Waals surface area contributed by atoms with Crippen LogP contribution >= 0.6 is 22.6 Å². The SMILES string of the molecule is O=[N+]([O-])c1ccc(-c2ccc(-c3ccc(I)cc3)cc2)cc1. The molecule has 0 aromatic heterocycles. The lowest BCUT2D eigenvalue weighted by Crippen LogP contribution is -1.87. The zero-order valence-corrected chi connectivity index (χ0v) is 13.7. The van der Waals surface area contributed by atoms with Crippen molar-refractivity contribution in [3.05, 3.63) is 86.5 Å². The van der Waals surface area contributed by atoms with Gasteiger partial charge < -0.3 is 0 Å². The average molecular weight is 401 g/mol. The van der Waals surface area contributed by atoms with Gasteiger partial charge in [0, 0.05) is 15.7 Å². The summed E-state index contributed by atoms with van der Waals surface area (Å²) in [5.41, 5.74) is 4.46. The Morgan fingerprint density at radius 1 is 0.636 bits per heavy atom. The quantitative estimate of drug-likeness (QED) is 0.329. The third-order valence-electron chi connectivity index (χ3n) is 3.47. The molecule has 22 heavy (non-hydrogen) atoms. The van der Waals surface area contributed by atoms with Crippen molar-refractivity contribution in [1.82, 2.24) is 0 Å². The lowest BCUT2D eigenvalue weighted by molar-refractivity contribution is -0.384. The monoisotopic (exact) mass is 401 g/mol. The zero-order valence-electron chi connectivity index (χ0n) is 11.6. The Labute approximate surface area is 141 Å². The van der Waals surface area contributed by atoms with Gasteiger partial charge in [0.05, 0.1) is 4.92 Å². The molecule has 0 saturated heterocycles. The van der Waals surface area contributed by atoms with Crippen LogP contribution in [-0.4, -0.2) is 4.92 Å². The van der Waals surface area contributed by atoms with Crippen LogP contribution in [0.1, 0.15) is 0 Å². The Morgan fingerprint density at radius 3 is 1.32 bits per heavy atom. The van der Waals surface area contributed by atoms with Crippen LogP contribution in [0.25, 0.3) is 22.3 Å². The number of benzene rings is 3. The van der Waals surface area contributed by atoms with Crippen molar-refractivity contribution in [2.45, 2.75) is 0 Å². The molecule has 4 heteroatoms. The maximum absolute atomic E-state index is 10.7. The molecule has 0 aliphatic carbocycles. The van der Waals surface area contributed by atoms with Crippen molar-refractivity contribution in [2.75, 3.05) is 0 Å². The summed E-state index contributed by atoms with van der Waals surface area (Å²) in [6.45, 7) is 0. The van der Waals surface area contributed by atoms with Gasteiger partial charge in [-0.3, -0.25) is 10.1 Å². The molecule has 0 atom stereocenters. The molecule has 0 unspecified atom stereocenters. The predicted molar refractivity (Wildman–Crippen MR) is 96.7 cm³/mol. The Hall–Kier alpha value is -2.21. The molecule has 3 nitrogen and oxygen atoms in total. The molecule has 0 bridgehead atoms. The van der Waals surface area contributed by atoms with Gasteiger partial charge in [-0.2, -0.15) is 0 Å². The molecule has 0 amide bonds. The topological polar surface area (TPSA) is 43.1 Å². The fraction of sp³-hybridized carbons (Fsp3) is 0. The number of hydrogen-bond acceptors (Lipinski definition) is 2. The highest BCUT2D eigenvalue weighted by molar-refractivity contribution is 14.1. The molecular formula is C18H12INO2. The van der Waals surface area contributed by atoms with E-state index < -0.39 is 0 Å². The summed E-state index contributed by atoms with van der Waals surface area (Å²) >= 11 is 2.29. The Kier molecular flexibility index (Phi) is 4.20. The van der Waals surface area contributed by atoms with Gasteiger partial charge in [-0.1, -0.05) is 36.4 Å². The maximum Gasteiger partial charge on any atom is 0.269 e. The molecule has 0 radical (unpaired) electrons. The highest BCUT2D eigenvalue weighted by atomic mass is 127. The van der Waals surface area contributed by atoms with E-state index >= 15 is 0 Å². The highest BCUT2D eigenvalue weighted by Gasteiger charge is 2.05. The van der Waals surface area contributed by atoms with E-state index in [-0.39, 0.29) is 10.6 Å². The molecule has 3 rings (SSSR count). The van der Waals surface area contributed by atoms with Gasteiger partial charge >= 0.3 is 0 Å². The molecule has 0 spiro atoms. The number of rotatable bonds is 3. The van der Waals surface area contributed by atoms with E-state index in [0.29, 0.717) is 0 Å². The number of nitrogens with zero attached hydrogens (tertiary/aromatic N) is 1. The van der Waals surface area contributed by atoms with Crippen LogP contribution in [0.15, 0.2) is 72.8 Å². The summed E-state index contributed by atoms with van der Waals surface area (Å²) in [7, 11) is 0. The van der Waals surface area contributed by atoms with Gasteiger partial charge in [0.2, 0.25) is 0 Å². The molecule has 0 aliphatic heterocycles. The van der Waals surface area contributed by atoms with Gasteiger partial charge in [-0.15, -0.1) is 0 Å². The van der Waals surface area contributed by atoms with E-state index in [4.69, 9.17) is 0 Å². The van der Waals surface area contributed by atoms with E-state index in [9.17, 15) is 10.1 Å². The first-order valence-electron chi connectivity index (χ1n) is 6.74. The first-order chi connectivity index (χ1) is 10.6. The number of non-ortho nitro benzene ring substituents is 1. The van der Waals surface area contributed by atoms with Crippen molar-refractivity contribution >= 4 is 28.3 Å². The van der Waals surface area contributed by atoms with Crippen LogP contribution in [0.2, 0.25) is 0 Å². The molecule has 0 fully saturated rings. The van der Waals surface area contributed by atoms with Crippen molar-refractivity contribution in [3.63, 3.8) is 0 Å². The van der Waals surface area contributed by atoms with Gasteiger partial charge in [-0.05, 0) is 69.1 Å². The van der Waals surface area contributed by atoms with E-state index in [1.165, 1.54) is 21.3 Å². The molecule has 3 aromatic rings. The average Bonchev–Trinajstić information content (AvgIpc) is 2.56. The number of halogens is 1. The van der Waals surface area contributed by atoms with Crippen molar-refractivity contribution in [2.24, 2.45) is 0 Å². The van der Waals surface area contributed by atoms with Crippen LogP contribution in [0.4, 0.5) is 5.69 Å². The molecule has 0 aliphatic rings. The van der Waals surface area contributed by atoms with Crippen molar-refractivity contribution < 1.29 is 4.92 Å². The van der Waals surface area contributed by atoms with Gasteiger partial charge in [-0.25, -0.2) is 0 Å². The minimum absolute atomic E-state index is 0.110. The third-order valence-corrected chi connectivity index (χ3v) is 4.19. The minimum Gasteiger partial charge on any atom is -0.258 e. The third kappa shape index (κ3) is 3.17. The normalized spacial score (nSPS) is 10.4. The number of nitro groups is 1. The van der Waals surface area contributed by atoms with Crippen LogP contribution in [0.3, 0.4) is 0 Å². The predicted octanol–water partition coefficient (Wildman–Crippen LogP) is 5.53. The van der Waals surface area contributed by atoms with Crippen LogP contribution < -0.4 is 0 Å². The number of nitro benzene ring substituents is 1. The largest absolute Gasteiger partial charge is 0.269 e. The van der Waals surface area contributed by atoms with E-state index in [0.717, 1.165) is 16.7 Å². The Morgan fingerprint density at radius 2 is 0.955 bits per heavy atom. The van der Waals surface area contributed by atoms with E-state index in [1.54, 1.807) is 12.1 Å². The molecule has 0 N–H and O–H groups in total. The smallest absolute Gasteiger partial charge is 0.258 e. The fourth-order valence-corrected chi connectivity index (χ4v) is 2.63. The molecule has 0 saturated carbocycles. The summed E-state index contributed by atoms with van der Waals surface area (Å²) in [5.74, 6) is 0. The van der Waals surface area contributed by atoms with Crippen molar-refractivity contribution in [1.29, 1.82) is 0 Å². The van der Waals surface area contributed by atoms with Gasteiger partial charge in [0.1, 0.15) is 0 Å². The lowest BCUT2D eigenvalue weighted by Gasteiger charge is -2.05. The summed E-state index contributed by atoms with van der Waals surface area (Å²) < 4.78 is 1.21. The second-order valence-corrected chi connectivity index (χ2v) is 6.13. The first-order valence-corrected chi connectivity index (χ1v) is 7.82. The zero-order chi connectivity index (χ0) is 15.5. The maximum atomic E-state index is 10.7. The second kappa shape index (κ2) is 6.27. The molecule has 0 heterocycles. The van der Waals surface area contributed by atoms with E-state index in [1.807, 2.05) is 12.1 Å². The summed E-state index contributed by atoms with van der Waals surface area (Å²) in [6.07, 6.45) is 0. The second-order valence-electron chi connectivity index (χ2n) is 4.89. The van der Waals surface area contributed by atoms with Gasteiger partial charge in [0.25, 0.3) is 5.69 Å². The Bertz CT molecular complexity index is 794. The number of hydrogen-bond donors (Lipinski definition) is 0.